The molecular weight excluding hydrogens is 324 g/mol. The average molecular weight is 350 g/mol. The van der Waals surface area contributed by atoms with Crippen molar-refractivity contribution in [2.24, 2.45) is 0 Å². The number of benzene rings is 1. The number of rotatable bonds is 4. The molecule has 2 rings (SSSR count). The summed E-state index contributed by atoms with van der Waals surface area (Å²) in [6, 6.07) is 7.43. The maximum Gasteiger partial charge on any atom is 0.414 e. The van der Waals surface area contributed by atoms with Gasteiger partial charge >= 0.3 is 6.09 Å². The molecule has 1 aromatic rings. The van der Waals surface area contributed by atoms with Crippen LogP contribution in [0.25, 0.3) is 0 Å². The Morgan fingerprint density at radius 1 is 1.40 bits per heavy atom. The Morgan fingerprint density at radius 2 is 2.08 bits per heavy atom. The molecule has 25 heavy (non-hydrogen) atoms. The Hall–Kier alpha value is -2.28. The monoisotopic (exact) mass is 350 g/mol. The summed E-state index contributed by atoms with van der Waals surface area (Å²) in [5.41, 5.74) is 0.935. The second-order valence-corrected chi connectivity index (χ2v) is 6.87. The van der Waals surface area contributed by atoms with Gasteiger partial charge in [-0.05, 0) is 39.3 Å². The molecule has 1 aliphatic rings. The molecule has 1 aromatic carbocycles. The van der Waals surface area contributed by atoms with Gasteiger partial charge in [-0.1, -0.05) is 18.2 Å². The number of ether oxygens (including phenoxy) is 2. The van der Waals surface area contributed by atoms with Crippen molar-refractivity contribution in [3.05, 3.63) is 35.0 Å². The fraction of sp³-hybridized carbons (Fsp3) is 0.556. The summed E-state index contributed by atoms with van der Waals surface area (Å²) in [6.07, 6.45) is 0.869. The van der Waals surface area contributed by atoms with Crippen LogP contribution in [-0.2, 0) is 14.3 Å². The first-order valence-corrected chi connectivity index (χ1v) is 8.36. The van der Waals surface area contributed by atoms with E-state index in [1.807, 2.05) is 52.0 Å². The summed E-state index contributed by atoms with van der Waals surface area (Å²) in [5.74, 6) is -0.233. The summed E-state index contributed by atoms with van der Waals surface area (Å²) in [7, 11) is 1.65. The second-order valence-electron chi connectivity index (χ2n) is 6.87. The van der Waals surface area contributed by atoms with Crippen LogP contribution in [-0.4, -0.2) is 42.8 Å². The first-order chi connectivity index (χ1) is 11.7. The lowest BCUT2D eigenvalue weighted by Crippen LogP contribution is -2.36. The highest BCUT2D eigenvalue weighted by Gasteiger charge is 2.30. The van der Waals surface area contributed by atoms with Crippen LogP contribution in [0.3, 0.4) is 0 Å². The minimum absolute atomic E-state index is 0.233. The SMILES string of the molecule is CCO[C@@H]1C[C@H](c2ccccc2N(C)C(=O)OC(C)(C)C)C=[N+]([O-])O1. The van der Waals surface area contributed by atoms with Crippen molar-refractivity contribution in [2.45, 2.75) is 51.9 Å². The van der Waals surface area contributed by atoms with E-state index in [-0.39, 0.29) is 5.92 Å². The number of hydrogen-bond acceptors (Lipinski definition) is 5. The fourth-order valence-corrected chi connectivity index (χ4v) is 2.64. The molecule has 0 N–H and O–H groups in total. The number of anilines is 1. The summed E-state index contributed by atoms with van der Waals surface area (Å²) < 4.78 is 10.9. The van der Waals surface area contributed by atoms with Crippen LogP contribution in [0.15, 0.2) is 24.3 Å². The minimum Gasteiger partial charge on any atom is -0.443 e. The zero-order valence-electron chi connectivity index (χ0n) is 15.4. The zero-order valence-corrected chi connectivity index (χ0v) is 15.4. The highest BCUT2D eigenvalue weighted by Crippen LogP contribution is 2.32. The predicted molar refractivity (Wildman–Crippen MR) is 94.6 cm³/mol. The summed E-state index contributed by atoms with van der Waals surface area (Å²) >= 11 is 0. The Morgan fingerprint density at radius 3 is 2.72 bits per heavy atom. The van der Waals surface area contributed by atoms with Crippen LogP contribution in [0, 0.1) is 5.21 Å². The molecule has 1 amide bonds. The average Bonchev–Trinajstić information content (AvgIpc) is 2.52. The maximum atomic E-state index is 12.4. The number of amides is 1. The van der Waals surface area contributed by atoms with Crippen LogP contribution in [0.4, 0.5) is 10.5 Å². The second kappa shape index (κ2) is 7.74. The summed E-state index contributed by atoms with van der Waals surface area (Å²) in [5, 5.41) is 11.8. The predicted octanol–water partition coefficient (Wildman–Crippen LogP) is 3.42. The molecule has 0 fully saturated rings. The smallest absolute Gasteiger partial charge is 0.414 e. The third kappa shape index (κ3) is 5.09. The number of hydrogen-bond donors (Lipinski definition) is 0. The Labute approximate surface area is 148 Å². The van der Waals surface area contributed by atoms with E-state index in [1.54, 1.807) is 7.05 Å². The number of nitrogens with zero attached hydrogens (tertiary/aromatic N) is 2. The Balaban J connectivity index is 2.28. The number of carbonyl (C=O) groups excluding carboxylic acids is 1. The van der Waals surface area contributed by atoms with Crippen molar-refractivity contribution in [1.29, 1.82) is 0 Å². The molecule has 1 aliphatic heterocycles. The lowest BCUT2D eigenvalue weighted by molar-refractivity contribution is -0.768. The van der Waals surface area contributed by atoms with E-state index in [4.69, 9.17) is 14.3 Å². The van der Waals surface area contributed by atoms with E-state index < -0.39 is 18.0 Å². The highest BCUT2D eigenvalue weighted by molar-refractivity contribution is 5.89. The van der Waals surface area contributed by atoms with Crippen molar-refractivity contribution >= 4 is 18.0 Å². The van der Waals surface area contributed by atoms with Gasteiger partial charge in [0.2, 0.25) is 6.21 Å². The zero-order chi connectivity index (χ0) is 18.6. The molecule has 0 unspecified atom stereocenters. The largest absolute Gasteiger partial charge is 0.443 e. The molecule has 7 nitrogen and oxygen atoms in total. The van der Waals surface area contributed by atoms with Crippen molar-refractivity contribution in [1.82, 2.24) is 0 Å². The first-order valence-electron chi connectivity index (χ1n) is 8.36. The van der Waals surface area contributed by atoms with Gasteiger partial charge in [0.25, 0.3) is 0 Å². The van der Waals surface area contributed by atoms with Crippen molar-refractivity contribution in [3.8, 4) is 0 Å². The third-order valence-electron chi connectivity index (χ3n) is 3.69. The van der Waals surface area contributed by atoms with Crippen molar-refractivity contribution in [3.63, 3.8) is 0 Å². The van der Waals surface area contributed by atoms with Gasteiger partial charge in [-0.25, -0.2) is 4.79 Å². The molecule has 0 bridgehead atoms. The van der Waals surface area contributed by atoms with Crippen LogP contribution in [0.2, 0.25) is 0 Å². The Kier molecular flexibility index (Phi) is 5.89. The maximum absolute atomic E-state index is 12.4. The number of para-hydroxylation sites is 1. The van der Waals surface area contributed by atoms with E-state index in [1.165, 1.54) is 11.1 Å². The van der Waals surface area contributed by atoms with E-state index in [2.05, 4.69) is 0 Å². The molecule has 0 spiro atoms. The van der Waals surface area contributed by atoms with Gasteiger partial charge in [-0.3, -0.25) is 10.1 Å². The molecule has 0 radical (unpaired) electrons. The van der Waals surface area contributed by atoms with Crippen LogP contribution in [0.5, 0.6) is 0 Å². The van der Waals surface area contributed by atoms with E-state index >= 15 is 0 Å². The normalized spacial score (nSPS) is 20.4. The molecule has 0 aromatic heterocycles. The number of carbonyl (C=O) groups is 1. The van der Waals surface area contributed by atoms with Gasteiger partial charge in [0.15, 0.2) is 6.29 Å². The van der Waals surface area contributed by atoms with Gasteiger partial charge in [-0.2, -0.15) is 0 Å². The minimum atomic E-state index is -0.614. The summed E-state index contributed by atoms with van der Waals surface area (Å²) in [6.45, 7) is 7.75. The van der Waals surface area contributed by atoms with Gasteiger partial charge < -0.3 is 14.3 Å². The van der Waals surface area contributed by atoms with Crippen molar-refractivity contribution in [2.75, 3.05) is 18.6 Å². The summed E-state index contributed by atoms with van der Waals surface area (Å²) in [4.78, 5) is 19.4. The van der Waals surface area contributed by atoms with Crippen LogP contribution < -0.4 is 4.90 Å². The van der Waals surface area contributed by atoms with Gasteiger partial charge in [0.05, 0.1) is 11.6 Å². The van der Waals surface area contributed by atoms with Gasteiger partial charge in [0, 0.05) is 25.0 Å². The lowest BCUT2D eigenvalue weighted by atomic mass is 9.94. The van der Waals surface area contributed by atoms with Crippen LogP contribution >= 0.6 is 0 Å². The molecule has 138 valence electrons. The Bertz CT molecular complexity index is 639. The van der Waals surface area contributed by atoms with E-state index in [0.717, 1.165) is 5.56 Å². The van der Waals surface area contributed by atoms with Gasteiger partial charge in [-0.15, -0.1) is 0 Å². The molecule has 1 heterocycles. The lowest BCUT2D eigenvalue weighted by Gasteiger charge is -2.30. The molecule has 0 saturated heterocycles. The molecular formula is C18H26N2O5. The fourth-order valence-electron chi connectivity index (χ4n) is 2.64. The molecule has 2 atom stereocenters. The van der Waals surface area contributed by atoms with Gasteiger partial charge in [0.1, 0.15) is 5.60 Å². The van der Waals surface area contributed by atoms with E-state index in [9.17, 15) is 10.0 Å². The van der Waals surface area contributed by atoms with E-state index in [0.29, 0.717) is 23.6 Å². The molecule has 0 aliphatic carbocycles. The highest BCUT2D eigenvalue weighted by atomic mass is 16.9. The van der Waals surface area contributed by atoms with Crippen molar-refractivity contribution < 1.29 is 24.0 Å². The topological polar surface area (TPSA) is 74.1 Å². The first kappa shape index (κ1) is 19.1. The van der Waals surface area contributed by atoms with Crippen LogP contribution in [0.1, 0.15) is 45.6 Å². The standard InChI is InChI=1S/C18H26N2O5/c1-6-23-16-11-13(12-20(22)25-16)14-9-7-8-10-15(14)19(5)17(21)24-18(2,3)4/h7-10,12-13,16H,6,11H2,1-5H3/t13-,16-/m0/s1. The third-order valence-corrected chi connectivity index (χ3v) is 3.69. The molecule has 7 heteroatoms. The quantitative estimate of drug-likeness (QED) is 0.778. The molecule has 0 saturated carbocycles.